The number of aliphatic hydroxyl groups excluding tert-OH is 1. The van der Waals surface area contributed by atoms with Crippen LogP contribution in [0.5, 0.6) is 5.75 Å². The van der Waals surface area contributed by atoms with E-state index in [-0.39, 0.29) is 23.0 Å². The van der Waals surface area contributed by atoms with Crippen LogP contribution in [0.15, 0.2) is 23.8 Å². The van der Waals surface area contributed by atoms with Gasteiger partial charge < -0.3 is 9.84 Å². The Bertz CT molecular complexity index is 673. The Morgan fingerprint density at radius 1 is 1.48 bits per heavy atom. The van der Waals surface area contributed by atoms with Crippen LogP contribution in [0.1, 0.15) is 32.8 Å². The summed E-state index contributed by atoms with van der Waals surface area (Å²) in [5.74, 6) is -0.949. The average molecular weight is 326 g/mol. The first kappa shape index (κ1) is 18.4. The smallest absolute Gasteiger partial charge is 0.387 e. The van der Waals surface area contributed by atoms with Crippen LogP contribution >= 0.6 is 0 Å². The Labute approximate surface area is 131 Å². The van der Waals surface area contributed by atoms with E-state index in [0.29, 0.717) is 0 Å². The number of rotatable bonds is 5. The molecule has 23 heavy (non-hydrogen) atoms. The second kappa shape index (κ2) is 7.05. The summed E-state index contributed by atoms with van der Waals surface area (Å²) in [4.78, 5) is 10.3. The molecule has 0 aliphatic rings. The van der Waals surface area contributed by atoms with Crippen molar-refractivity contribution in [2.45, 2.75) is 33.8 Å². The molecule has 0 amide bonds. The van der Waals surface area contributed by atoms with Gasteiger partial charge in [0.05, 0.1) is 28.2 Å². The van der Waals surface area contributed by atoms with Gasteiger partial charge in [-0.3, -0.25) is 10.1 Å². The molecule has 124 valence electrons. The molecule has 0 radical (unpaired) electrons. The monoisotopic (exact) mass is 326 g/mol. The maximum atomic E-state index is 12.2. The highest BCUT2D eigenvalue weighted by Gasteiger charge is 2.24. The highest BCUT2D eigenvalue weighted by molar-refractivity contribution is 5.73. The molecule has 0 saturated carbocycles. The normalized spacial score (nSPS) is 12.6. The Balaban J connectivity index is 3.40. The Morgan fingerprint density at radius 2 is 2.09 bits per heavy atom. The second-order valence-corrected chi connectivity index (χ2v) is 5.99. The predicted octanol–water partition coefficient (Wildman–Crippen LogP) is 4.43. The maximum Gasteiger partial charge on any atom is 0.387 e. The fraction of sp³-hybridized carbons (Fsp3) is 0.400. The van der Waals surface area contributed by atoms with Crippen LogP contribution < -0.4 is 4.74 Å². The molecule has 0 fully saturated rings. The van der Waals surface area contributed by atoms with Gasteiger partial charge in [0.25, 0.3) is 5.69 Å². The lowest BCUT2D eigenvalue weighted by molar-refractivity contribution is -0.385. The number of halogens is 2. The van der Waals surface area contributed by atoms with Gasteiger partial charge in [0, 0.05) is 0 Å². The molecule has 0 aliphatic carbocycles. The molecule has 0 spiro atoms. The van der Waals surface area contributed by atoms with Crippen molar-refractivity contribution < 1.29 is 23.5 Å². The van der Waals surface area contributed by atoms with E-state index < -0.39 is 28.7 Å². The molecule has 0 aromatic heterocycles. The summed E-state index contributed by atoms with van der Waals surface area (Å²) in [7, 11) is 0. The third-order valence-corrected chi connectivity index (χ3v) is 2.77. The van der Waals surface area contributed by atoms with E-state index in [1.807, 2.05) is 26.8 Å². The number of ether oxygens (including phenoxy) is 1. The van der Waals surface area contributed by atoms with Crippen molar-refractivity contribution in [1.29, 1.82) is 5.26 Å². The van der Waals surface area contributed by atoms with Crippen molar-refractivity contribution in [3.63, 3.8) is 0 Å². The number of alkyl halides is 2. The van der Waals surface area contributed by atoms with Gasteiger partial charge in [0.2, 0.25) is 0 Å². The molecule has 0 saturated heterocycles. The summed E-state index contributed by atoms with van der Waals surface area (Å²) in [5.41, 5.74) is -1.20. The van der Waals surface area contributed by atoms with Crippen molar-refractivity contribution in [3.8, 4) is 11.8 Å². The van der Waals surface area contributed by atoms with E-state index >= 15 is 0 Å². The lowest BCUT2D eigenvalue weighted by Gasteiger charge is -2.18. The molecule has 1 N–H and O–H groups in total. The molecule has 1 rings (SSSR count). The van der Waals surface area contributed by atoms with Gasteiger partial charge in [0.1, 0.15) is 11.5 Å². The van der Waals surface area contributed by atoms with Crippen molar-refractivity contribution in [2.75, 3.05) is 0 Å². The number of nitro groups is 1. The maximum absolute atomic E-state index is 12.2. The first-order valence-electron chi connectivity index (χ1n) is 6.61. The molecule has 6 nitrogen and oxygen atoms in total. The van der Waals surface area contributed by atoms with Gasteiger partial charge in [-0.05, 0) is 24.0 Å². The number of benzene rings is 1. The molecule has 0 bridgehead atoms. The number of nitro benzene ring substituents is 1. The Hall–Kier alpha value is -2.69. The van der Waals surface area contributed by atoms with E-state index in [1.165, 1.54) is 0 Å². The topological polar surface area (TPSA) is 96.4 Å². The van der Waals surface area contributed by atoms with Gasteiger partial charge in [0.15, 0.2) is 0 Å². The Morgan fingerprint density at radius 3 is 2.52 bits per heavy atom. The van der Waals surface area contributed by atoms with E-state index in [9.17, 15) is 24.0 Å². The molecular formula is C15H16F2N2O4. The summed E-state index contributed by atoms with van der Waals surface area (Å²) >= 11 is 0. The summed E-state index contributed by atoms with van der Waals surface area (Å²) in [6, 6.07) is 4.75. The molecule has 0 aliphatic heterocycles. The van der Waals surface area contributed by atoms with Gasteiger partial charge in [-0.1, -0.05) is 20.8 Å². The van der Waals surface area contributed by atoms with Gasteiger partial charge in [-0.2, -0.15) is 14.0 Å². The number of nitrogens with zero attached hydrogens (tertiary/aromatic N) is 2. The second-order valence-electron chi connectivity index (χ2n) is 5.99. The van der Waals surface area contributed by atoms with Crippen molar-refractivity contribution in [2.24, 2.45) is 5.41 Å². The zero-order valence-electron chi connectivity index (χ0n) is 12.8. The van der Waals surface area contributed by atoms with Crippen LogP contribution in [0, 0.1) is 26.9 Å². The third-order valence-electron chi connectivity index (χ3n) is 2.77. The number of nitriles is 1. The minimum absolute atomic E-state index is 0.0249. The first-order valence-corrected chi connectivity index (χ1v) is 6.61. The van der Waals surface area contributed by atoms with E-state index in [2.05, 4.69) is 4.74 Å². The van der Waals surface area contributed by atoms with Crippen LogP contribution in [0.25, 0.3) is 5.76 Å². The summed E-state index contributed by atoms with van der Waals surface area (Å²) in [6.07, 6.45) is 0.196. The van der Waals surface area contributed by atoms with Crippen molar-refractivity contribution in [3.05, 3.63) is 39.4 Å². The van der Waals surface area contributed by atoms with E-state index in [4.69, 9.17) is 5.26 Å². The van der Waals surface area contributed by atoms with Gasteiger partial charge in [-0.25, -0.2) is 0 Å². The van der Waals surface area contributed by atoms with Gasteiger partial charge in [-0.15, -0.1) is 0 Å². The zero-order valence-corrected chi connectivity index (χ0v) is 12.8. The number of allylic oxidation sites excluding steroid dienone is 1. The minimum Gasteiger partial charge on any atom is -0.506 e. The summed E-state index contributed by atoms with van der Waals surface area (Å²) in [6.45, 7) is 2.39. The zero-order chi connectivity index (χ0) is 17.8. The fourth-order valence-corrected chi connectivity index (χ4v) is 1.91. The molecule has 0 unspecified atom stereocenters. The van der Waals surface area contributed by atoms with Crippen LogP contribution in [-0.4, -0.2) is 16.6 Å². The van der Waals surface area contributed by atoms with Crippen LogP contribution in [0.3, 0.4) is 0 Å². The number of hydrogen-bond donors (Lipinski definition) is 1. The number of aliphatic hydroxyl groups is 1. The largest absolute Gasteiger partial charge is 0.506 e. The average Bonchev–Trinajstić information content (AvgIpc) is 2.42. The highest BCUT2D eigenvalue weighted by Crippen LogP contribution is 2.34. The standard InChI is InChI=1S/C15H16F2N2O4/c1-15(2,3)7-9(8-18)13(20)11-5-4-10(23-14(16)17)6-12(11)19(21)22/h4-6,14,20H,7H2,1-3H3. The SMILES string of the molecule is CC(C)(C)CC(C#N)=C(O)c1ccc(OC(F)F)cc1[N+](=O)[O-]. The molecule has 1 aromatic rings. The molecule has 0 heterocycles. The fourth-order valence-electron chi connectivity index (χ4n) is 1.91. The van der Waals surface area contributed by atoms with Crippen molar-refractivity contribution in [1.82, 2.24) is 0 Å². The van der Waals surface area contributed by atoms with E-state index in [0.717, 1.165) is 18.2 Å². The van der Waals surface area contributed by atoms with Crippen LogP contribution in [0.4, 0.5) is 14.5 Å². The Kier molecular flexibility index (Phi) is 5.62. The van der Waals surface area contributed by atoms with E-state index in [1.54, 1.807) is 0 Å². The summed E-state index contributed by atoms with van der Waals surface area (Å²) < 4.78 is 28.5. The molecule has 1 aromatic carbocycles. The lowest BCUT2D eigenvalue weighted by atomic mass is 9.87. The predicted molar refractivity (Wildman–Crippen MR) is 79.0 cm³/mol. The quantitative estimate of drug-likeness (QED) is 0.374. The lowest BCUT2D eigenvalue weighted by Crippen LogP contribution is -2.08. The first-order chi connectivity index (χ1) is 10.5. The number of hydrogen-bond acceptors (Lipinski definition) is 5. The van der Waals surface area contributed by atoms with Crippen molar-refractivity contribution >= 4 is 11.4 Å². The van der Waals surface area contributed by atoms with Crippen LogP contribution in [-0.2, 0) is 0 Å². The minimum atomic E-state index is -3.12. The van der Waals surface area contributed by atoms with Crippen LogP contribution in [0.2, 0.25) is 0 Å². The highest BCUT2D eigenvalue weighted by atomic mass is 19.3. The molecular weight excluding hydrogens is 310 g/mol. The van der Waals surface area contributed by atoms with Gasteiger partial charge >= 0.3 is 6.61 Å². The summed E-state index contributed by atoms with van der Waals surface area (Å²) in [5, 5.41) is 30.5. The third kappa shape index (κ3) is 5.21. The molecule has 0 atom stereocenters. The molecule has 8 heteroatoms.